The maximum atomic E-state index is 4.35. The Balaban J connectivity index is 2.73. The summed E-state index contributed by atoms with van der Waals surface area (Å²) in [4.78, 5) is 6.42. The highest BCUT2D eigenvalue weighted by Gasteiger charge is 2.05. The molecule has 1 aromatic carbocycles. The highest BCUT2D eigenvalue weighted by molar-refractivity contribution is 9.13. The molecule has 2 rings (SSSR count). The first-order valence-electron chi connectivity index (χ1n) is 4.50. The molecule has 2 aromatic rings. The smallest absolute Gasteiger partial charge is 0.0715 e. The van der Waals surface area contributed by atoms with E-state index in [9.17, 15) is 0 Å². The van der Waals surface area contributed by atoms with E-state index in [2.05, 4.69) is 53.9 Å². The summed E-state index contributed by atoms with van der Waals surface area (Å²) in [5, 5.41) is 1.12. The largest absolute Gasteiger partial charge is 0.378 e. The van der Waals surface area contributed by atoms with Crippen molar-refractivity contribution in [3.63, 3.8) is 0 Å². The van der Waals surface area contributed by atoms with Gasteiger partial charge in [0.25, 0.3) is 0 Å². The minimum absolute atomic E-state index is 0.978. The molecule has 0 unspecified atom stereocenters. The molecule has 0 fully saturated rings. The lowest BCUT2D eigenvalue weighted by atomic mass is 10.2. The maximum Gasteiger partial charge on any atom is 0.0715 e. The third-order valence-corrected chi connectivity index (χ3v) is 4.25. The lowest BCUT2D eigenvalue weighted by Crippen LogP contribution is -2.08. The summed E-state index contributed by atoms with van der Waals surface area (Å²) in [5.41, 5.74) is 2.17. The van der Waals surface area contributed by atoms with Gasteiger partial charge in [0.15, 0.2) is 0 Å². The van der Waals surface area contributed by atoms with Gasteiger partial charge in [-0.25, -0.2) is 0 Å². The zero-order chi connectivity index (χ0) is 11.0. The summed E-state index contributed by atoms with van der Waals surface area (Å²) in [5.74, 6) is 0. The Hall–Kier alpha value is -0.610. The van der Waals surface area contributed by atoms with Gasteiger partial charge in [-0.3, -0.25) is 4.98 Å². The number of pyridine rings is 1. The Morgan fingerprint density at radius 2 is 1.93 bits per heavy atom. The molecule has 0 N–H and O–H groups in total. The zero-order valence-corrected chi connectivity index (χ0v) is 11.6. The number of anilines is 1. The fourth-order valence-corrected chi connectivity index (χ4v) is 2.14. The second kappa shape index (κ2) is 4.10. The van der Waals surface area contributed by atoms with Crippen molar-refractivity contribution in [1.82, 2.24) is 4.98 Å². The second-order valence-corrected chi connectivity index (χ2v) is 5.16. The quantitative estimate of drug-likeness (QED) is 0.790. The standard InChI is InChI=1S/C11H10Br2N2/c1-15(2)7-3-4-10-8(5-7)11(13)9(12)6-14-10/h3-6H,1-2H3. The van der Waals surface area contributed by atoms with E-state index in [1.54, 1.807) is 0 Å². The molecule has 0 spiro atoms. The van der Waals surface area contributed by atoms with Gasteiger partial charge in [-0.05, 0) is 50.1 Å². The summed E-state index contributed by atoms with van der Waals surface area (Å²) in [7, 11) is 4.06. The van der Waals surface area contributed by atoms with Crippen LogP contribution in [0, 0.1) is 0 Å². The van der Waals surface area contributed by atoms with Gasteiger partial charge in [0.2, 0.25) is 0 Å². The first-order chi connectivity index (χ1) is 7.09. The molecule has 0 saturated heterocycles. The fraction of sp³-hybridized carbons (Fsp3) is 0.182. The fourth-order valence-electron chi connectivity index (χ4n) is 1.40. The molecule has 0 aliphatic rings. The monoisotopic (exact) mass is 328 g/mol. The van der Waals surface area contributed by atoms with Crippen LogP contribution in [0.4, 0.5) is 5.69 Å². The van der Waals surface area contributed by atoms with Crippen LogP contribution in [0.2, 0.25) is 0 Å². The van der Waals surface area contributed by atoms with Gasteiger partial charge in [-0.1, -0.05) is 0 Å². The van der Waals surface area contributed by atoms with E-state index in [0.717, 1.165) is 19.8 Å². The van der Waals surface area contributed by atoms with Crippen LogP contribution in [0.1, 0.15) is 0 Å². The first-order valence-corrected chi connectivity index (χ1v) is 6.09. The van der Waals surface area contributed by atoms with Crippen LogP contribution in [-0.2, 0) is 0 Å². The van der Waals surface area contributed by atoms with E-state index >= 15 is 0 Å². The third-order valence-electron chi connectivity index (χ3n) is 2.26. The number of fused-ring (bicyclic) bond motifs is 1. The van der Waals surface area contributed by atoms with Gasteiger partial charge in [0.05, 0.1) is 9.99 Å². The molecule has 0 aliphatic heterocycles. The second-order valence-electron chi connectivity index (χ2n) is 3.52. The van der Waals surface area contributed by atoms with Gasteiger partial charge in [-0.2, -0.15) is 0 Å². The van der Waals surface area contributed by atoms with Crippen LogP contribution >= 0.6 is 31.9 Å². The number of benzene rings is 1. The number of aromatic nitrogens is 1. The van der Waals surface area contributed by atoms with Gasteiger partial charge in [-0.15, -0.1) is 0 Å². The topological polar surface area (TPSA) is 16.1 Å². The Bertz CT molecular complexity index is 509. The van der Waals surface area contributed by atoms with E-state index in [-0.39, 0.29) is 0 Å². The molecule has 0 saturated carbocycles. The van der Waals surface area contributed by atoms with Crippen molar-refractivity contribution in [1.29, 1.82) is 0 Å². The molecule has 0 radical (unpaired) electrons. The maximum absolute atomic E-state index is 4.35. The minimum Gasteiger partial charge on any atom is -0.378 e. The molecule has 0 bridgehead atoms. The van der Waals surface area contributed by atoms with Crippen molar-refractivity contribution in [3.8, 4) is 0 Å². The van der Waals surface area contributed by atoms with Gasteiger partial charge in [0.1, 0.15) is 0 Å². The molecule has 4 heteroatoms. The summed E-state index contributed by atoms with van der Waals surface area (Å²) in [6, 6.07) is 6.22. The van der Waals surface area contributed by atoms with Crippen LogP contribution in [0.15, 0.2) is 33.3 Å². The van der Waals surface area contributed by atoms with Crippen molar-refractivity contribution < 1.29 is 0 Å². The van der Waals surface area contributed by atoms with Gasteiger partial charge < -0.3 is 4.90 Å². The Kier molecular flexibility index (Phi) is 2.98. The lowest BCUT2D eigenvalue weighted by Gasteiger charge is -2.13. The first kappa shape index (κ1) is 10.9. The molecule has 78 valence electrons. The van der Waals surface area contributed by atoms with Crippen molar-refractivity contribution >= 4 is 48.5 Å². The van der Waals surface area contributed by atoms with Crippen LogP contribution in [0.3, 0.4) is 0 Å². The minimum atomic E-state index is 0.978. The average molecular weight is 330 g/mol. The van der Waals surface area contributed by atoms with E-state index < -0.39 is 0 Å². The highest BCUT2D eigenvalue weighted by atomic mass is 79.9. The summed E-state index contributed by atoms with van der Waals surface area (Å²) >= 11 is 7.01. The van der Waals surface area contributed by atoms with E-state index in [0.29, 0.717) is 0 Å². The highest BCUT2D eigenvalue weighted by Crippen LogP contribution is 2.31. The van der Waals surface area contributed by atoms with Crippen molar-refractivity contribution in [2.24, 2.45) is 0 Å². The molecule has 0 amide bonds. The number of halogens is 2. The molecule has 0 aliphatic carbocycles. The van der Waals surface area contributed by atoms with E-state index in [1.807, 2.05) is 26.4 Å². The van der Waals surface area contributed by atoms with Crippen molar-refractivity contribution in [3.05, 3.63) is 33.3 Å². The molecule has 1 heterocycles. The van der Waals surface area contributed by atoms with Crippen LogP contribution in [-0.4, -0.2) is 19.1 Å². The SMILES string of the molecule is CN(C)c1ccc2ncc(Br)c(Br)c2c1. The van der Waals surface area contributed by atoms with Gasteiger partial charge >= 0.3 is 0 Å². The summed E-state index contributed by atoms with van der Waals surface area (Å²) < 4.78 is 2.03. The third kappa shape index (κ3) is 2.01. The number of hydrogen-bond acceptors (Lipinski definition) is 2. The predicted molar refractivity (Wildman–Crippen MR) is 71.5 cm³/mol. The van der Waals surface area contributed by atoms with E-state index in [1.165, 1.54) is 5.69 Å². The Morgan fingerprint density at radius 3 is 2.60 bits per heavy atom. The normalized spacial score (nSPS) is 10.7. The Morgan fingerprint density at radius 1 is 1.20 bits per heavy atom. The zero-order valence-electron chi connectivity index (χ0n) is 8.46. The lowest BCUT2D eigenvalue weighted by molar-refractivity contribution is 1.13. The van der Waals surface area contributed by atoms with Crippen LogP contribution in [0.25, 0.3) is 10.9 Å². The van der Waals surface area contributed by atoms with Crippen molar-refractivity contribution in [2.75, 3.05) is 19.0 Å². The van der Waals surface area contributed by atoms with Crippen LogP contribution in [0.5, 0.6) is 0 Å². The predicted octanol–water partition coefficient (Wildman–Crippen LogP) is 3.83. The summed E-state index contributed by atoms with van der Waals surface area (Å²) in [6.07, 6.45) is 1.81. The molecule has 1 aromatic heterocycles. The summed E-state index contributed by atoms with van der Waals surface area (Å²) in [6.45, 7) is 0. The van der Waals surface area contributed by atoms with E-state index in [4.69, 9.17) is 0 Å². The number of rotatable bonds is 1. The molecule has 15 heavy (non-hydrogen) atoms. The Labute approximate surface area is 106 Å². The molecular formula is C11H10Br2N2. The number of nitrogens with zero attached hydrogens (tertiary/aromatic N) is 2. The molecular weight excluding hydrogens is 320 g/mol. The molecule has 0 atom stereocenters. The van der Waals surface area contributed by atoms with Crippen molar-refractivity contribution in [2.45, 2.75) is 0 Å². The molecule has 2 nitrogen and oxygen atoms in total. The number of hydrogen-bond donors (Lipinski definition) is 0. The average Bonchev–Trinajstić information content (AvgIpc) is 2.23. The van der Waals surface area contributed by atoms with Gasteiger partial charge in [0, 0.05) is 35.8 Å². The van der Waals surface area contributed by atoms with Crippen LogP contribution < -0.4 is 4.90 Å².